The molecule has 0 aromatic heterocycles. The molecule has 0 aliphatic heterocycles. The van der Waals surface area contributed by atoms with Gasteiger partial charge in [-0.1, -0.05) is 11.6 Å². The van der Waals surface area contributed by atoms with Crippen LogP contribution >= 0.6 is 11.6 Å². The maximum atomic E-state index is 10.5. The Morgan fingerprint density at radius 2 is 2.23 bits per heavy atom. The van der Waals surface area contributed by atoms with E-state index in [0.29, 0.717) is 11.1 Å². The summed E-state index contributed by atoms with van der Waals surface area (Å²) in [7, 11) is 0. The van der Waals surface area contributed by atoms with E-state index < -0.39 is 4.92 Å². The molecule has 0 bridgehead atoms. The molecule has 0 aliphatic carbocycles. The number of aryl methyl sites for hydroxylation is 1. The maximum Gasteiger partial charge on any atom is 0.290 e. The van der Waals surface area contributed by atoms with Crippen LogP contribution in [0.1, 0.15) is 11.1 Å². The van der Waals surface area contributed by atoms with Crippen LogP contribution in [0.2, 0.25) is 5.02 Å². The molecule has 0 aliphatic rings. The second-order valence-electron chi connectivity index (χ2n) is 2.66. The number of hydrogen-bond acceptors (Lipinski definition) is 3. The molecule has 0 spiro atoms. The van der Waals surface area contributed by atoms with Gasteiger partial charge in [-0.3, -0.25) is 10.1 Å². The number of aliphatic hydroxyl groups is 1. The summed E-state index contributed by atoms with van der Waals surface area (Å²) in [6.45, 7) is 1.42. The lowest BCUT2D eigenvalue weighted by atomic mass is 10.1. The maximum absolute atomic E-state index is 10.5. The van der Waals surface area contributed by atoms with Crippen LogP contribution < -0.4 is 0 Å². The molecule has 4 nitrogen and oxygen atoms in total. The molecule has 0 amide bonds. The molecule has 1 rings (SSSR count). The fourth-order valence-electron chi connectivity index (χ4n) is 1.13. The van der Waals surface area contributed by atoms with Crippen molar-refractivity contribution in [3.63, 3.8) is 0 Å². The van der Waals surface area contributed by atoms with Crippen LogP contribution in [0.25, 0.3) is 0 Å². The number of hydrogen-bond donors (Lipinski definition) is 1. The largest absolute Gasteiger partial charge is 0.392 e. The monoisotopic (exact) mass is 201 g/mol. The standard InChI is InChI=1S/C8H8ClNO3/c1-5-2-6(4-11)3-7(9)8(5)10(12)13/h2-3,11H,4H2,1H3. The van der Waals surface area contributed by atoms with Gasteiger partial charge < -0.3 is 5.11 Å². The van der Waals surface area contributed by atoms with Gasteiger partial charge in [0.1, 0.15) is 5.02 Å². The van der Waals surface area contributed by atoms with Crippen molar-refractivity contribution < 1.29 is 10.0 Å². The van der Waals surface area contributed by atoms with Crippen LogP contribution in [-0.2, 0) is 6.61 Å². The summed E-state index contributed by atoms with van der Waals surface area (Å²) in [6.07, 6.45) is 0. The Balaban J connectivity index is 3.31. The minimum absolute atomic E-state index is 0.0639. The van der Waals surface area contributed by atoms with E-state index >= 15 is 0 Å². The summed E-state index contributed by atoms with van der Waals surface area (Å²) in [5.41, 5.74) is 0.938. The summed E-state index contributed by atoms with van der Waals surface area (Å²) in [5, 5.41) is 19.4. The van der Waals surface area contributed by atoms with Gasteiger partial charge in [0.25, 0.3) is 5.69 Å². The minimum Gasteiger partial charge on any atom is -0.392 e. The molecule has 5 heteroatoms. The zero-order valence-corrected chi connectivity index (χ0v) is 7.71. The van der Waals surface area contributed by atoms with Gasteiger partial charge in [0, 0.05) is 5.56 Å². The zero-order chi connectivity index (χ0) is 10.0. The number of aliphatic hydroxyl groups excluding tert-OH is 1. The molecule has 0 saturated carbocycles. The van der Waals surface area contributed by atoms with E-state index in [1.807, 2.05) is 0 Å². The van der Waals surface area contributed by atoms with Crippen LogP contribution in [-0.4, -0.2) is 10.0 Å². The summed E-state index contributed by atoms with van der Waals surface area (Å²) in [4.78, 5) is 9.97. The fraction of sp³-hybridized carbons (Fsp3) is 0.250. The van der Waals surface area contributed by atoms with Gasteiger partial charge in [0.05, 0.1) is 11.5 Å². The molecular weight excluding hydrogens is 194 g/mol. The first-order valence-corrected chi connectivity index (χ1v) is 3.98. The molecule has 70 valence electrons. The van der Waals surface area contributed by atoms with Crippen LogP contribution in [0.15, 0.2) is 12.1 Å². The number of halogens is 1. The summed E-state index contributed by atoms with van der Waals surface area (Å²) < 4.78 is 0. The van der Waals surface area contributed by atoms with Crippen LogP contribution in [0.3, 0.4) is 0 Å². The predicted molar refractivity (Wildman–Crippen MR) is 48.8 cm³/mol. The lowest BCUT2D eigenvalue weighted by Crippen LogP contribution is -1.95. The van der Waals surface area contributed by atoms with Crippen LogP contribution in [0.4, 0.5) is 5.69 Å². The Morgan fingerprint density at radius 1 is 1.62 bits per heavy atom. The lowest BCUT2D eigenvalue weighted by Gasteiger charge is -2.02. The molecule has 0 heterocycles. The molecule has 0 saturated heterocycles. The van der Waals surface area contributed by atoms with Crippen LogP contribution in [0.5, 0.6) is 0 Å². The van der Waals surface area contributed by atoms with E-state index in [9.17, 15) is 10.1 Å². The second-order valence-corrected chi connectivity index (χ2v) is 3.07. The number of rotatable bonds is 2. The smallest absolute Gasteiger partial charge is 0.290 e. The van der Waals surface area contributed by atoms with Crippen molar-refractivity contribution >= 4 is 17.3 Å². The summed E-state index contributed by atoms with van der Waals surface area (Å²) in [5.74, 6) is 0. The first-order chi connectivity index (χ1) is 6.06. The SMILES string of the molecule is Cc1cc(CO)cc(Cl)c1[N+](=O)[O-]. The average Bonchev–Trinajstić information content (AvgIpc) is 2.02. The Labute approximate surface area is 79.9 Å². The van der Waals surface area contributed by atoms with Gasteiger partial charge in [0.2, 0.25) is 0 Å². The Morgan fingerprint density at radius 3 is 2.62 bits per heavy atom. The highest BCUT2D eigenvalue weighted by Gasteiger charge is 2.16. The highest BCUT2D eigenvalue weighted by molar-refractivity contribution is 6.32. The van der Waals surface area contributed by atoms with Gasteiger partial charge in [-0.25, -0.2) is 0 Å². The molecule has 1 N–H and O–H groups in total. The van der Waals surface area contributed by atoms with Gasteiger partial charge >= 0.3 is 0 Å². The normalized spacial score (nSPS) is 10.1. The second kappa shape index (κ2) is 3.72. The summed E-state index contributed by atoms with van der Waals surface area (Å²) in [6, 6.07) is 2.94. The Kier molecular flexibility index (Phi) is 2.85. The first kappa shape index (κ1) is 9.95. The minimum atomic E-state index is -0.529. The molecule has 0 atom stereocenters. The molecule has 1 aromatic carbocycles. The molecule has 0 radical (unpaired) electrons. The van der Waals surface area contributed by atoms with Gasteiger partial charge in [-0.2, -0.15) is 0 Å². The highest BCUT2D eigenvalue weighted by Crippen LogP contribution is 2.29. The zero-order valence-electron chi connectivity index (χ0n) is 6.95. The number of nitrogens with zero attached hydrogens (tertiary/aromatic N) is 1. The van der Waals surface area contributed by atoms with Crippen molar-refractivity contribution in [3.05, 3.63) is 38.4 Å². The summed E-state index contributed by atoms with van der Waals surface area (Å²) >= 11 is 5.66. The quantitative estimate of drug-likeness (QED) is 0.588. The van der Waals surface area contributed by atoms with Gasteiger partial charge in [0.15, 0.2) is 0 Å². The lowest BCUT2D eigenvalue weighted by molar-refractivity contribution is -0.385. The van der Waals surface area contributed by atoms with E-state index in [0.717, 1.165) is 0 Å². The molecule has 0 fully saturated rings. The highest BCUT2D eigenvalue weighted by atomic mass is 35.5. The Hall–Kier alpha value is -1.13. The molecule has 1 aromatic rings. The third kappa shape index (κ3) is 1.96. The van der Waals surface area contributed by atoms with Gasteiger partial charge in [-0.05, 0) is 24.6 Å². The molecular formula is C8H8ClNO3. The van der Waals surface area contributed by atoms with E-state index in [2.05, 4.69) is 0 Å². The number of nitro benzene ring substituents is 1. The Bertz CT molecular complexity index is 328. The van der Waals surface area contributed by atoms with E-state index in [-0.39, 0.29) is 17.3 Å². The van der Waals surface area contributed by atoms with Crippen molar-refractivity contribution in [1.82, 2.24) is 0 Å². The van der Waals surface area contributed by atoms with Crippen molar-refractivity contribution in [2.45, 2.75) is 13.5 Å². The molecule has 13 heavy (non-hydrogen) atoms. The van der Waals surface area contributed by atoms with Crippen molar-refractivity contribution in [2.75, 3.05) is 0 Å². The first-order valence-electron chi connectivity index (χ1n) is 3.60. The van der Waals surface area contributed by atoms with E-state index in [1.54, 1.807) is 13.0 Å². The van der Waals surface area contributed by atoms with Crippen molar-refractivity contribution in [3.8, 4) is 0 Å². The third-order valence-electron chi connectivity index (χ3n) is 1.68. The topological polar surface area (TPSA) is 63.4 Å². The van der Waals surface area contributed by atoms with Gasteiger partial charge in [-0.15, -0.1) is 0 Å². The number of nitro groups is 1. The third-order valence-corrected chi connectivity index (χ3v) is 1.97. The average molecular weight is 202 g/mol. The van der Waals surface area contributed by atoms with Crippen molar-refractivity contribution in [2.24, 2.45) is 0 Å². The van der Waals surface area contributed by atoms with E-state index in [4.69, 9.17) is 16.7 Å². The van der Waals surface area contributed by atoms with Crippen LogP contribution in [0, 0.1) is 17.0 Å². The predicted octanol–water partition coefficient (Wildman–Crippen LogP) is 2.05. The molecule has 0 unspecified atom stereocenters. The van der Waals surface area contributed by atoms with Crippen molar-refractivity contribution in [1.29, 1.82) is 0 Å². The number of benzene rings is 1. The fourth-order valence-corrected chi connectivity index (χ4v) is 1.49. The van der Waals surface area contributed by atoms with E-state index in [1.165, 1.54) is 6.07 Å².